The highest BCUT2D eigenvalue weighted by atomic mass is 35.5. The van der Waals surface area contributed by atoms with Gasteiger partial charge in [0, 0.05) is 28.4 Å². The fourth-order valence-electron chi connectivity index (χ4n) is 4.00. The zero-order valence-electron chi connectivity index (χ0n) is 20.8. The van der Waals surface area contributed by atoms with E-state index in [-0.39, 0.29) is 17.2 Å². The molecule has 200 valence electrons. The van der Waals surface area contributed by atoms with Gasteiger partial charge in [-0.15, -0.1) is 0 Å². The first-order valence-electron chi connectivity index (χ1n) is 11.9. The summed E-state index contributed by atoms with van der Waals surface area (Å²) < 4.78 is 48.7. The Morgan fingerprint density at radius 3 is 2.25 bits per heavy atom. The van der Waals surface area contributed by atoms with Gasteiger partial charge in [-0.1, -0.05) is 35.9 Å². The van der Waals surface area contributed by atoms with E-state index in [4.69, 9.17) is 16.3 Å². The summed E-state index contributed by atoms with van der Waals surface area (Å²) in [7, 11) is 0. The number of anilines is 2. The predicted octanol–water partition coefficient (Wildman–Crippen LogP) is 7.91. The molecule has 0 radical (unpaired) electrons. The lowest BCUT2D eigenvalue weighted by Gasteiger charge is -2.13. The molecule has 4 aromatic carbocycles. The standard InChI is InChI=1S/C30H19ClF3N3O3/c1-16-24(31)27(34)26(33)23(25(16)32)30(39)36-18-10-12-19(13-11-18)40-22-14-15-35-28-20(22)8-5-9-21(28)37-29(38)17-6-3-2-4-7-17/h2-15H,1H3,(H,36,39)(H,37,38). The van der Waals surface area contributed by atoms with Gasteiger partial charge in [0.25, 0.3) is 11.8 Å². The van der Waals surface area contributed by atoms with Crippen LogP contribution in [0.1, 0.15) is 26.3 Å². The minimum Gasteiger partial charge on any atom is -0.457 e. The van der Waals surface area contributed by atoms with Crippen molar-refractivity contribution < 1.29 is 27.5 Å². The summed E-state index contributed by atoms with van der Waals surface area (Å²) in [6.45, 7) is 1.14. The van der Waals surface area contributed by atoms with Gasteiger partial charge in [0.1, 0.15) is 22.9 Å². The van der Waals surface area contributed by atoms with Crippen molar-refractivity contribution in [3.05, 3.63) is 124 Å². The van der Waals surface area contributed by atoms with E-state index in [0.29, 0.717) is 33.7 Å². The summed E-state index contributed by atoms with van der Waals surface area (Å²) in [6.07, 6.45) is 1.54. The molecule has 2 N–H and O–H groups in total. The van der Waals surface area contributed by atoms with E-state index in [1.54, 1.807) is 54.7 Å². The fourth-order valence-corrected chi connectivity index (χ4v) is 4.17. The van der Waals surface area contributed by atoms with E-state index < -0.39 is 33.9 Å². The predicted molar refractivity (Wildman–Crippen MR) is 147 cm³/mol. The van der Waals surface area contributed by atoms with Crippen LogP contribution in [-0.4, -0.2) is 16.8 Å². The third kappa shape index (κ3) is 5.19. The molecular weight excluding hydrogens is 543 g/mol. The monoisotopic (exact) mass is 561 g/mol. The molecule has 0 atom stereocenters. The molecule has 0 aliphatic rings. The highest BCUT2D eigenvalue weighted by Gasteiger charge is 2.26. The number of para-hydroxylation sites is 1. The van der Waals surface area contributed by atoms with Crippen LogP contribution in [0.15, 0.2) is 85.1 Å². The van der Waals surface area contributed by atoms with Gasteiger partial charge in [0.05, 0.1) is 16.2 Å². The summed E-state index contributed by atoms with van der Waals surface area (Å²) >= 11 is 5.58. The zero-order chi connectivity index (χ0) is 28.4. The molecule has 6 nitrogen and oxygen atoms in total. The van der Waals surface area contributed by atoms with E-state index in [1.807, 2.05) is 6.07 Å². The number of pyridine rings is 1. The molecule has 0 saturated carbocycles. The van der Waals surface area contributed by atoms with Crippen LogP contribution in [-0.2, 0) is 0 Å². The molecule has 0 saturated heterocycles. The topological polar surface area (TPSA) is 80.3 Å². The van der Waals surface area contributed by atoms with Gasteiger partial charge in [-0.2, -0.15) is 0 Å². The second kappa shape index (κ2) is 11.1. The van der Waals surface area contributed by atoms with Gasteiger partial charge in [-0.3, -0.25) is 14.6 Å². The Morgan fingerprint density at radius 2 is 1.52 bits per heavy atom. The van der Waals surface area contributed by atoms with Crippen LogP contribution < -0.4 is 15.4 Å². The number of halogens is 4. The first kappa shape index (κ1) is 26.7. The molecule has 10 heteroatoms. The molecule has 0 unspecified atom stereocenters. The van der Waals surface area contributed by atoms with Gasteiger partial charge in [-0.05, 0) is 61.5 Å². The number of nitrogens with one attached hydrogen (secondary N) is 2. The number of hydrogen-bond donors (Lipinski definition) is 2. The van der Waals surface area contributed by atoms with Crippen molar-refractivity contribution in [3.63, 3.8) is 0 Å². The largest absolute Gasteiger partial charge is 0.457 e. The van der Waals surface area contributed by atoms with E-state index in [9.17, 15) is 22.8 Å². The third-order valence-electron chi connectivity index (χ3n) is 6.07. The number of carbonyl (C=O) groups excluding carboxylic acids is 2. The third-order valence-corrected chi connectivity index (χ3v) is 6.51. The molecule has 5 aromatic rings. The van der Waals surface area contributed by atoms with Gasteiger partial charge >= 0.3 is 0 Å². The minimum absolute atomic E-state index is 0.189. The first-order chi connectivity index (χ1) is 19.2. The zero-order valence-corrected chi connectivity index (χ0v) is 21.5. The Kier molecular flexibility index (Phi) is 7.39. The van der Waals surface area contributed by atoms with Crippen molar-refractivity contribution in [2.75, 3.05) is 10.6 Å². The van der Waals surface area contributed by atoms with Crippen LogP contribution in [0.4, 0.5) is 24.5 Å². The van der Waals surface area contributed by atoms with Crippen LogP contribution >= 0.6 is 11.6 Å². The Morgan fingerprint density at radius 1 is 0.800 bits per heavy atom. The molecule has 1 heterocycles. The maximum atomic E-state index is 14.5. The Labute approximate surface area is 231 Å². The van der Waals surface area contributed by atoms with Crippen molar-refractivity contribution in [1.29, 1.82) is 0 Å². The molecule has 5 rings (SSSR count). The number of hydrogen-bond acceptors (Lipinski definition) is 4. The molecule has 0 aliphatic heterocycles. The number of ether oxygens (including phenoxy) is 1. The smallest absolute Gasteiger partial charge is 0.261 e. The van der Waals surface area contributed by atoms with Crippen molar-refractivity contribution in [1.82, 2.24) is 4.98 Å². The van der Waals surface area contributed by atoms with Crippen molar-refractivity contribution in [3.8, 4) is 11.5 Å². The first-order valence-corrected chi connectivity index (χ1v) is 12.3. The normalized spacial score (nSPS) is 10.8. The van der Waals surface area contributed by atoms with E-state index in [1.165, 1.54) is 24.3 Å². The molecule has 40 heavy (non-hydrogen) atoms. The summed E-state index contributed by atoms with van der Waals surface area (Å²) in [5, 5.41) is 5.12. The molecule has 0 aliphatic carbocycles. The molecule has 2 amide bonds. The van der Waals surface area contributed by atoms with Gasteiger partial charge in [0.2, 0.25) is 0 Å². The van der Waals surface area contributed by atoms with Crippen LogP contribution in [0, 0.1) is 24.4 Å². The van der Waals surface area contributed by atoms with Crippen LogP contribution in [0.2, 0.25) is 5.02 Å². The van der Waals surface area contributed by atoms with E-state index >= 15 is 0 Å². The Bertz CT molecular complexity index is 1740. The highest BCUT2D eigenvalue weighted by molar-refractivity contribution is 6.31. The maximum absolute atomic E-state index is 14.5. The average molecular weight is 562 g/mol. The van der Waals surface area contributed by atoms with Crippen molar-refractivity contribution in [2.45, 2.75) is 6.92 Å². The molecule has 0 spiro atoms. The summed E-state index contributed by atoms with van der Waals surface area (Å²) in [4.78, 5) is 29.6. The Hall–Kier alpha value is -4.89. The maximum Gasteiger partial charge on any atom is 0.261 e. The quantitative estimate of drug-likeness (QED) is 0.163. The molecule has 1 aromatic heterocycles. The highest BCUT2D eigenvalue weighted by Crippen LogP contribution is 2.33. The number of fused-ring (bicyclic) bond motifs is 1. The minimum atomic E-state index is -1.67. The summed E-state index contributed by atoms with van der Waals surface area (Å²) in [5.41, 5.74) is 0.265. The second-order valence-corrected chi connectivity index (χ2v) is 9.05. The van der Waals surface area contributed by atoms with Crippen LogP contribution in [0.3, 0.4) is 0 Å². The summed E-state index contributed by atoms with van der Waals surface area (Å²) in [6, 6.07) is 21.7. The Balaban J connectivity index is 1.34. The van der Waals surface area contributed by atoms with Gasteiger partial charge in [-0.25, -0.2) is 13.2 Å². The number of aromatic nitrogens is 1. The molecule has 0 bridgehead atoms. The lowest BCUT2D eigenvalue weighted by molar-refractivity contribution is 0.101. The number of amides is 2. The van der Waals surface area contributed by atoms with Gasteiger partial charge < -0.3 is 15.4 Å². The summed E-state index contributed by atoms with van der Waals surface area (Å²) in [5.74, 6) is -5.03. The van der Waals surface area contributed by atoms with Crippen LogP contribution in [0.25, 0.3) is 10.9 Å². The second-order valence-electron chi connectivity index (χ2n) is 8.67. The number of carbonyl (C=O) groups is 2. The van der Waals surface area contributed by atoms with Gasteiger partial charge in [0.15, 0.2) is 11.6 Å². The van der Waals surface area contributed by atoms with E-state index in [0.717, 1.165) is 6.92 Å². The average Bonchev–Trinajstić information content (AvgIpc) is 2.97. The lowest BCUT2D eigenvalue weighted by Crippen LogP contribution is -2.18. The molecular formula is C30H19ClF3N3O3. The van der Waals surface area contributed by atoms with E-state index in [2.05, 4.69) is 15.6 Å². The SMILES string of the molecule is Cc1c(F)c(C(=O)Nc2ccc(Oc3ccnc4c(NC(=O)c5ccccc5)cccc34)cc2)c(F)c(F)c1Cl. The number of rotatable bonds is 6. The lowest BCUT2D eigenvalue weighted by atomic mass is 10.1. The van der Waals surface area contributed by atoms with Crippen molar-refractivity contribution in [2.24, 2.45) is 0 Å². The number of benzene rings is 4. The van der Waals surface area contributed by atoms with Crippen molar-refractivity contribution >= 4 is 45.7 Å². The fraction of sp³-hybridized carbons (Fsp3) is 0.0333. The number of nitrogens with zero attached hydrogens (tertiary/aromatic N) is 1. The molecule has 0 fully saturated rings. The van der Waals surface area contributed by atoms with Crippen LogP contribution in [0.5, 0.6) is 11.5 Å².